The van der Waals surface area contributed by atoms with E-state index >= 15 is 0 Å². The fourth-order valence-corrected chi connectivity index (χ4v) is 1.15. The minimum atomic E-state index is -0.359. The van der Waals surface area contributed by atoms with Crippen molar-refractivity contribution in [3.8, 4) is 5.75 Å². The lowest BCUT2D eigenvalue weighted by Gasteiger charge is -2.02. The van der Waals surface area contributed by atoms with Gasteiger partial charge in [-0.25, -0.2) is 0 Å². The Morgan fingerprint density at radius 1 is 1.62 bits per heavy atom. The maximum absolute atomic E-state index is 10.6. The van der Waals surface area contributed by atoms with Crippen LogP contribution in [0.2, 0.25) is 5.02 Å². The van der Waals surface area contributed by atoms with Gasteiger partial charge in [-0.15, -0.1) is 0 Å². The lowest BCUT2D eigenvalue weighted by Crippen LogP contribution is -2.01. The number of hydrogen-bond acceptors (Lipinski definition) is 2. The zero-order chi connectivity index (χ0) is 9.84. The van der Waals surface area contributed by atoms with Gasteiger partial charge in [-0.1, -0.05) is 24.3 Å². The summed E-state index contributed by atoms with van der Waals surface area (Å²) in [6, 6.07) is 5.00. The van der Waals surface area contributed by atoms with E-state index < -0.39 is 0 Å². The van der Waals surface area contributed by atoms with Crippen molar-refractivity contribution in [2.45, 2.75) is 6.92 Å². The third-order valence-electron chi connectivity index (χ3n) is 1.45. The number of esters is 1. The molecule has 1 aromatic carbocycles. The molecule has 1 aromatic rings. The summed E-state index contributed by atoms with van der Waals surface area (Å²) in [6.07, 6.45) is 1.64. The molecule has 0 aliphatic heterocycles. The molecule has 0 atom stereocenters. The van der Waals surface area contributed by atoms with Crippen LogP contribution >= 0.6 is 11.6 Å². The predicted octanol–water partition coefficient (Wildman–Crippen LogP) is 2.91. The van der Waals surface area contributed by atoms with E-state index in [1.807, 2.05) is 0 Å². The highest BCUT2D eigenvalue weighted by molar-refractivity contribution is 6.32. The van der Waals surface area contributed by atoms with Gasteiger partial charge in [-0.3, -0.25) is 4.79 Å². The van der Waals surface area contributed by atoms with E-state index in [-0.39, 0.29) is 5.97 Å². The van der Waals surface area contributed by atoms with E-state index in [9.17, 15) is 4.79 Å². The zero-order valence-corrected chi connectivity index (χ0v) is 7.97. The topological polar surface area (TPSA) is 26.3 Å². The molecule has 3 heteroatoms. The van der Waals surface area contributed by atoms with Crippen LogP contribution in [0.15, 0.2) is 24.8 Å². The number of carbonyl (C=O) groups excluding carboxylic acids is 1. The predicted molar refractivity (Wildman–Crippen MR) is 52.9 cm³/mol. The van der Waals surface area contributed by atoms with Gasteiger partial charge in [0.2, 0.25) is 0 Å². The highest BCUT2D eigenvalue weighted by Crippen LogP contribution is 2.23. The van der Waals surface area contributed by atoms with Crippen molar-refractivity contribution in [3.63, 3.8) is 0 Å². The third-order valence-corrected chi connectivity index (χ3v) is 1.78. The number of halogens is 1. The highest BCUT2D eigenvalue weighted by atomic mass is 35.5. The molecule has 0 bridgehead atoms. The SMILES string of the molecule is C=Cc1ccc(OC(C)=O)cc1Cl. The number of ether oxygens (including phenoxy) is 1. The Labute approximate surface area is 81.8 Å². The quantitative estimate of drug-likeness (QED) is 0.537. The Bertz CT molecular complexity index is 345. The normalized spacial score (nSPS) is 9.38. The van der Waals surface area contributed by atoms with Crippen molar-refractivity contribution in [2.75, 3.05) is 0 Å². The first kappa shape index (κ1) is 9.81. The summed E-state index contributed by atoms with van der Waals surface area (Å²) in [6.45, 7) is 4.93. The van der Waals surface area contributed by atoms with Crippen LogP contribution in [0.3, 0.4) is 0 Å². The Balaban J connectivity index is 2.95. The molecule has 0 N–H and O–H groups in total. The summed E-state index contributed by atoms with van der Waals surface area (Å²) in [4.78, 5) is 10.6. The van der Waals surface area contributed by atoms with Crippen molar-refractivity contribution >= 4 is 23.6 Å². The molecule has 0 radical (unpaired) electrons. The first-order valence-corrected chi connectivity index (χ1v) is 4.11. The molecule has 0 amide bonds. The molecule has 0 spiro atoms. The van der Waals surface area contributed by atoms with Crippen LogP contribution < -0.4 is 4.74 Å². The van der Waals surface area contributed by atoms with E-state index in [1.165, 1.54) is 6.92 Å². The average Bonchev–Trinajstić information content (AvgIpc) is 2.03. The van der Waals surface area contributed by atoms with Crippen LogP contribution in [0.5, 0.6) is 5.75 Å². The Morgan fingerprint density at radius 3 is 2.77 bits per heavy atom. The Hall–Kier alpha value is -1.28. The minimum absolute atomic E-state index is 0.359. The lowest BCUT2D eigenvalue weighted by molar-refractivity contribution is -0.131. The number of rotatable bonds is 2. The molecule has 0 heterocycles. The van der Waals surface area contributed by atoms with Gasteiger partial charge in [0, 0.05) is 13.0 Å². The van der Waals surface area contributed by atoms with Gasteiger partial charge in [0.15, 0.2) is 0 Å². The van der Waals surface area contributed by atoms with Gasteiger partial charge in [0.25, 0.3) is 0 Å². The van der Waals surface area contributed by atoms with Crippen molar-refractivity contribution < 1.29 is 9.53 Å². The van der Waals surface area contributed by atoms with E-state index in [1.54, 1.807) is 24.3 Å². The zero-order valence-electron chi connectivity index (χ0n) is 7.21. The summed E-state index contributed by atoms with van der Waals surface area (Å²) in [5, 5.41) is 0.522. The van der Waals surface area contributed by atoms with Crippen LogP contribution in [0, 0.1) is 0 Å². The van der Waals surface area contributed by atoms with Gasteiger partial charge in [-0.05, 0) is 17.7 Å². The fourth-order valence-electron chi connectivity index (χ4n) is 0.903. The average molecular weight is 197 g/mol. The van der Waals surface area contributed by atoms with Gasteiger partial charge < -0.3 is 4.74 Å². The van der Waals surface area contributed by atoms with E-state index in [0.717, 1.165) is 5.56 Å². The van der Waals surface area contributed by atoms with Gasteiger partial charge in [-0.2, -0.15) is 0 Å². The fraction of sp³-hybridized carbons (Fsp3) is 0.100. The Kier molecular flexibility index (Phi) is 3.09. The molecule has 0 unspecified atom stereocenters. The van der Waals surface area contributed by atoms with E-state index in [0.29, 0.717) is 10.8 Å². The molecule has 0 saturated carbocycles. The maximum Gasteiger partial charge on any atom is 0.308 e. The molecular formula is C10H9ClO2. The van der Waals surface area contributed by atoms with E-state index in [4.69, 9.17) is 16.3 Å². The first-order chi connectivity index (χ1) is 6.13. The largest absolute Gasteiger partial charge is 0.427 e. The number of hydrogen-bond donors (Lipinski definition) is 0. The van der Waals surface area contributed by atoms with Crippen LogP contribution in [0.4, 0.5) is 0 Å². The smallest absolute Gasteiger partial charge is 0.308 e. The summed E-state index contributed by atoms with van der Waals surface area (Å²) in [5.41, 5.74) is 0.817. The molecular weight excluding hydrogens is 188 g/mol. The second kappa shape index (κ2) is 4.10. The van der Waals surface area contributed by atoms with Crippen molar-refractivity contribution in [2.24, 2.45) is 0 Å². The van der Waals surface area contributed by atoms with Crippen LogP contribution in [-0.2, 0) is 4.79 Å². The molecule has 1 rings (SSSR count). The highest BCUT2D eigenvalue weighted by Gasteiger charge is 2.01. The monoisotopic (exact) mass is 196 g/mol. The lowest BCUT2D eigenvalue weighted by atomic mass is 10.2. The van der Waals surface area contributed by atoms with Gasteiger partial charge in [0.05, 0.1) is 5.02 Å². The van der Waals surface area contributed by atoms with Gasteiger partial charge >= 0.3 is 5.97 Å². The van der Waals surface area contributed by atoms with Gasteiger partial charge in [0.1, 0.15) is 5.75 Å². The molecule has 0 aliphatic rings. The summed E-state index contributed by atoms with van der Waals surface area (Å²) in [5.74, 6) is 0.0884. The summed E-state index contributed by atoms with van der Waals surface area (Å²) >= 11 is 5.85. The standard InChI is InChI=1S/C10H9ClO2/c1-3-8-4-5-9(6-10(8)11)13-7(2)12/h3-6H,1H2,2H3. The number of carbonyl (C=O) groups is 1. The van der Waals surface area contributed by atoms with Crippen molar-refractivity contribution in [3.05, 3.63) is 35.4 Å². The van der Waals surface area contributed by atoms with Crippen LogP contribution in [0.25, 0.3) is 6.08 Å². The van der Waals surface area contributed by atoms with Crippen molar-refractivity contribution in [1.29, 1.82) is 0 Å². The summed E-state index contributed by atoms with van der Waals surface area (Å²) in [7, 11) is 0. The van der Waals surface area contributed by atoms with Crippen molar-refractivity contribution in [1.82, 2.24) is 0 Å². The molecule has 68 valence electrons. The maximum atomic E-state index is 10.6. The second-order valence-corrected chi connectivity index (χ2v) is 2.89. The van der Waals surface area contributed by atoms with Crippen LogP contribution in [0.1, 0.15) is 12.5 Å². The number of benzene rings is 1. The minimum Gasteiger partial charge on any atom is -0.427 e. The van der Waals surface area contributed by atoms with Crippen LogP contribution in [-0.4, -0.2) is 5.97 Å². The van der Waals surface area contributed by atoms with E-state index in [2.05, 4.69) is 6.58 Å². The second-order valence-electron chi connectivity index (χ2n) is 2.48. The molecule has 13 heavy (non-hydrogen) atoms. The molecule has 0 saturated heterocycles. The summed E-state index contributed by atoms with van der Waals surface area (Å²) < 4.78 is 4.84. The Morgan fingerprint density at radius 2 is 2.31 bits per heavy atom. The molecule has 0 aliphatic carbocycles. The third kappa shape index (κ3) is 2.60. The first-order valence-electron chi connectivity index (χ1n) is 3.74. The molecule has 2 nitrogen and oxygen atoms in total. The molecule has 0 fully saturated rings. The molecule has 0 aromatic heterocycles.